The normalized spacial score (nSPS) is 11.9. The highest BCUT2D eigenvalue weighted by atomic mass is 19.4. The van der Waals surface area contributed by atoms with Crippen molar-refractivity contribution in [1.29, 1.82) is 0 Å². The van der Waals surface area contributed by atoms with Gasteiger partial charge in [0.05, 0.1) is 10.9 Å². The summed E-state index contributed by atoms with van der Waals surface area (Å²) in [4.78, 5) is 8.55. The summed E-state index contributed by atoms with van der Waals surface area (Å²) in [7, 11) is 0. The standard InChI is InChI=1S/C18H19F3N4O/c1-11-12(2)25(7-4-8-26)17-15(11)16(22-10-23-17)24-14-6-3-5-13(9-14)18(19,20)21/h3,5-6,9-10,26H,4,7-8H2,1-2H3,(H,22,23,24). The van der Waals surface area contributed by atoms with Crippen LogP contribution in [0.3, 0.4) is 0 Å². The molecule has 0 saturated carbocycles. The maximum atomic E-state index is 12.9. The summed E-state index contributed by atoms with van der Waals surface area (Å²) in [6, 6.07) is 5.00. The number of nitrogens with one attached hydrogen (secondary N) is 1. The summed E-state index contributed by atoms with van der Waals surface area (Å²) in [5.74, 6) is 0.456. The number of fused-ring (bicyclic) bond motifs is 1. The summed E-state index contributed by atoms with van der Waals surface area (Å²) in [5.41, 5.74) is 2.22. The van der Waals surface area contributed by atoms with Gasteiger partial charge in [0.15, 0.2) is 0 Å². The maximum absolute atomic E-state index is 12.9. The first kappa shape index (κ1) is 18.2. The van der Waals surface area contributed by atoms with Crippen LogP contribution >= 0.6 is 0 Å². The van der Waals surface area contributed by atoms with Crippen molar-refractivity contribution >= 4 is 22.5 Å². The van der Waals surface area contributed by atoms with Crippen LogP contribution in [0.4, 0.5) is 24.7 Å². The molecule has 0 amide bonds. The van der Waals surface area contributed by atoms with E-state index in [1.807, 2.05) is 18.4 Å². The monoisotopic (exact) mass is 364 g/mol. The zero-order valence-electron chi connectivity index (χ0n) is 14.4. The van der Waals surface area contributed by atoms with Gasteiger partial charge in [-0.3, -0.25) is 0 Å². The number of aromatic nitrogens is 3. The smallest absolute Gasteiger partial charge is 0.396 e. The highest BCUT2D eigenvalue weighted by molar-refractivity contribution is 5.93. The van der Waals surface area contributed by atoms with Gasteiger partial charge in [0.25, 0.3) is 0 Å². The number of hydrogen-bond donors (Lipinski definition) is 2. The molecule has 2 aromatic heterocycles. The van der Waals surface area contributed by atoms with Crippen molar-refractivity contribution in [3.8, 4) is 0 Å². The summed E-state index contributed by atoms with van der Waals surface area (Å²) in [6.45, 7) is 4.54. The molecular formula is C18H19F3N4O. The predicted octanol–water partition coefficient (Wildman–Crippen LogP) is 4.19. The molecule has 0 fully saturated rings. The average Bonchev–Trinajstić information content (AvgIpc) is 2.84. The Labute approximate surface area is 148 Å². The fourth-order valence-electron chi connectivity index (χ4n) is 2.98. The molecule has 1 aromatic carbocycles. The second-order valence-corrected chi connectivity index (χ2v) is 6.06. The van der Waals surface area contributed by atoms with E-state index in [2.05, 4.69) is 15.3 Å². The molecule has 0 saturated heterocycles. The van der Waals surface area contributed by atoms with E-state index >= 15 is 0 Å². The van der Waals surface area contributed by atoms with Crippen molar-refractivity contribution in [2.45, 2.75) is 33.0 Å². The van der Waals surface area contributed by atoms with E-state index in [0.717, 1.165) is 28.8 Å². The molecule has 26 heavy (non-hydrogen) atoms. The third kappa shape index (κ3) is 3.37. The fourth-order valence-corrected chi connectivity index (χ4v) is 2.98. The van der Waals surface area contributed by atoms with Crippen LogP contribution in [-0.2, 0) is 12.7 Å². The zero-order valence-corrected chi connectivity index (χ0v) is 14.4. The molecular weight excluding hydrogens is 345 g/mol. The molecule has 0 aliphatic heterocycles. The highest BCUT2D eigenvalue weighted by Crippen LogP contribution is 2.33. The van der Waals surface area contributed by atoms with Crippen molar-refractivity contribution in [1.82, 2.24) is 14.5 Å². The lowest BCUT2D eigenvalue weighted by Crippen LogP contribution is -2.06. The molecule has 2 heterocycles. The van der Waals surface area contributed by atoms with E-state index in [9.17, 15) is 13.2 Å². The number of aryl methyl sites for hydroxylation is 2. The van der Waals surface area contributed by atoms with Crippen LogP contribution in [0.15, 0.2) is 30.6 Å². The first-order valence-electron chi connectivity index (χ1n) is 8.18. The van der Waals surface area contributed by atoms with E-state index in [0.29, 0.717) is 30.1 Å². The number of halogens is 3. The highest BCUT2D eigenvalue weighted by Gasteiger charge is 2.30. The lowest BCUT2D eigenvalue weighted by molar-refractivity contribution is -0.137. The molecule has 0 radical (unpaired) electrons. The van der Waals surface area contributed by atoms with Crippen molar-refractivity contribution < 1.29 is 18.3 Å². The number of aliphatic hydroxyl groups excluding tert-OH is 1. The Bertz CT molecular complexity index is 934. The Kier molecular flexibility index (Phi) is 4.86. The summed E-state index contributed by atoms with van der Waals surface area (Å²) >= 11 is 0. The van der Waals surface area contributed by atoms with E-state index in [4.69, 9.17) is 5.11 Å². The van der Waals surface area contributed by atoms with Crippen LogP contribution in [0, 0.1) is 13.8 Å². The Hall–Kier alpha value is -2.61. The summed E-state index contributed by atoms with van der Waals surface area (Å²) in [5, 5.41) is 12.8. The molecule has 5 nitrogen and oxygen atoms in total. The first-order valence-corrected chi connectivity index (χ1v) is 8.18. The van der Waals surface area contributed by atoms with E-state index < -0.39 is 11.7 Å². The second kappa shape index (κ2) is 6.95. The molecule has 0 atom stereocenters. The fraction of sp³-hybridized carbons (Fsp3) is 0.333. The van der Waals surface area contributed by atoms with Gasteiger partial charge in [0.2, 0.25) is 0 Å². The number of nitrogens with zero attached hydrogens (tertiary/aromatic N) is 3. The number of anilines is 2. The minimum absolute atomic E-state index is 0.0680. The predicted molar refractivity (Wildman–Crippen MR) is 93.4 cm³/mol. The van der Waals surface area contributed by atoms with E-state index in [1.165, 1.54) is 12.4 Å². The van der Waals surface area contributed by atoms with Crippen molar-refractivity contribution in [2.24, 2.45) is 0 Å². The third-order valence-electron chi connectivity index (χ3n) is 4.40. The number of aliphatic hydroxyl groups is 1. The molecule has 0 aliphatic rings. The first-order chi connectivity index (χ1) is 12.3. The molecule has 0 spiro atoms. The van der Waals surface area contributed by atoms with Gasteiger partial charge in [0.1, 0.15) is 17.8 Å². The van der Waals surface area contributed by atoms with Gasteiger partial charge in [-0.1, -0.05) is 6.07 Å². The largest absolute Gasteiger partial charge is 0.416 e. The van der Waals surface area contributed by atoms with Gasteiger partial charge in [-0.15, -0.1) is 0 Å². The minimum atomic E-state index is -4.40. The molecule has 2 N–H and O–H groups in total. The third-order valence-corrected chi connectivity index (χ3v) is 4.40. The van der Waals surface area contributed by atoms with Gasteiger partial charge in [-0.25, -0.2) is 9.97 Å². The van der Waals surface area contributed by atoms with Crippen LogP contribution in [0.1, 0.15) is 23.2 Å². The molecule has 0 bridgehead atoms. The second-order valence-electron chi connectivity index (χ2n) is 6.06. The Morgan fingerprint density at radius 1 is 1.19 bits per heavy atom. The van der Waals surface area contributed by atoms with Gasteiger partial charge < -0.3 is 15.0 Å². The minimum Gasteiger partial charge on any atom is -0.396 e. The average molecular weight is 364 g/mol. The Morgan fingerprint density at radius 3 is 2.65 bits per heavy atom. The topological polar surface area (TPSA) is 63.0 Å². The molecule has 0 aliphatic carbocycles. The maximum Gasteiger partial charge on any atom is 0.416 e. The summed E-state index contributed by atoms with van der Waals surface area (Å²) in [6.07, 6.45) is -2.43. The van der Waals surface area contributed by atoms with Crippen LogP contribution in [0.5, 0.6) is 0 Å². The van der Waals surface area contributed by atoms with Crippen molar-refractivity contribution in [3.05, 3.63) is 47.4 Å². The van der Waals surface area contributed by atoms with Crippen LogP contribution in [-0.4, -0.2) is 26.2 Å². The Morgan fingerprint density at radius 2 is 1.96 bits per heavy atom. The number of alkyl halides is 3. The molecule has 138 valence electrons. The zero-order chi connectivity index (χ0) is 18.9. The number of benzene rings is 1. The van der Waals surface area contributed by atoms with Crippen LogP contribution in [0.25, 0.3) is 11.0 Å². The van der Waals surface area contributed by atoms with Crippen LogP contribution in [0.2, 0.25) is 0 Å². The molecule has 3 aromatic rings. The van der Waals surface area contributed by atoms with Gasteiger partial charge in [0, 0.05) is 24.5 Å². The SMILES string of the molecule is Cc1c(C)n(CCCO)c2ncnc(Nc3cccc(C(F)(F)F)c3)c12. The van der Waals surface area contributed by atoms with E-state index in [-0.39, 0.29) is 6.61 Å². The lowest BCUT2D eigenvalue weighted by atomic mass is 10.2. The quantitative estimate of drug-likeness (QED) is 0.712. The van der Waals surface area contributed by atoms with E-state index in [1.54, 1.807) is 6.07 Å². The van der Waals surface area contributed by atoms with Gasteiger partial charge in [-0.05, 0) is 44.0 Å². The molecule has 0 unspecified atom stereocenters. The summed E-state index contributed by atoms with van der Waals surface area (Å²) < 4.78 is 40.7. The van der Waals surface area contributed by atoms with Crippen molar-refractivity contribution in [2.75, 3.05) is 11.9 Å². The van der Waals surface area contributed by atoms with Crippen LogP contribution < -0.4 is 5.32 Å². The Balaban J connectivity index is 2.04. The number of rotatable bonds is 5. The van der Waals surface area contributed by atoms with Gasteiger partial charge >= 0.3 is 6.18 Å². The molecule has 8 heteroatoms. The van der Waals surface area contributed by atoms with Crippen molar-refractivity contribution in [3.63, 3.8) is 0 Å². The molecule has 3 rings (SSSR count). The number of hydrogen-bond acceptors (Lipinski definition) is 4. The lowest BCUT2D eigenvalue weighted by Gasteiger charge is -2.11. The van der Waals surface area contributed by atoms with Gasteiger partial charge in [-0.2, -0.15) is 13.2 Å².